The Morgan fingerprint density at radius 3 is 0.913 bits per heavy atom. The zero-order chi connectivity index (χ0) is 76.0. The predicted octanol–water partition coefficient (Wildman–Crippen LogP) is 23.2. The van der Waals surface area contributed by atoms with E-state index in [-0.39, 0.29) is 25.7 Å². The van der Waals surface area contributed by atoms with E-state index in [1.165, 1.54) is 70.6 Å². The van der Waals surface area contributed by atoms with Gasteiger partial charge in [0.25, 0.3) is 0 Å². The highest BCUT2D eigenvalue weighted by atomic mass is 31.2. The van der Waals surface area contributed by atoms with Crippen LogP contribution in [0.4, 0.5) is 0 Å². The molecule has 0 aromatic carbocycles. The Hall–Kier alpha value is -5.32. The van der Waals surface area contributed by atoms with Crippen LogP contribution in [-0.4, -0.2) is 96.7 Å². The van der Waals surface area contributed by atoms with Crippen LogP contribution in [0.5, 0.6) is 0 Å². The highest BCUT2D eigenvalue weighted by Gasteiger charge is 2.30. The van der Waals surface area contributed by atoms with Crippen LogP contribution < -0.4 is 0 Å². The quantitative estimate of drug-likeness (QED) is 0.0169. The number of ether oxygens (including phenoxy) is 4. The Balaban J connectivity index is 5.47. The molecule has 0 aromatic heterocycles. The second-order valence-electron chi connectivity index (χ2n) is 25.9. The molecule has 0 aliphatic heterocycles. The van der Waals surface area contributed by atoms with E-state index in [4.69, 9.17) is 37.0 Å². The van der Waals surface area contributed by atoms with Gasteiger partial charge in [-0.1, -0.05) is 301 Å². The van der Waals surface area contributed by atoms with Crippen LogP contribution in [0, 0.1) is 0 Å². The summed E-state index contributed by atoms with van der Waals surface area (Å²) in [6.07, 6.45) is 88.4. The zero-order valence-electron chi connectivity index (χ0n) is 64.6. The van der Waals surface area contributed by atoms with E-state index in [9.17, 15) is 43.2 Å². The molecule has 0 saturated heterocycles. The number of carbonyl (C=O) groups is 4. The molecular formula is C85H140O17P2. The largest absolute Gasteiger partial charge is 0.472 e. The molecule has 5 atom stereocenters. The van der Waals surface area contributed by atoms with E-state index in [0.717, 1.165) is 141 Å². The molecule has 104 heavy (non-hydrogen) atoms. The van der Waals surface area contributed by atoms with E-state index in [2.05, 4.69) is 149 Å². The number of hydrogen-bond acceptors (Lipinski definition) is 15. The van der Waals surface area contributed by atoms with Crippen molar-refractivity contribution in [1.29, 1.82) is 0 Å². The summed E-state index contributed by atoms with van der Waals surface area (Å²) < 4.78 is 68.4. The normalized spacial score (nSPS) is 14.7. The Morgan fingerprint density at radius 1 is 0.288 bits per heavy atom. The van der Waals surface area contributed by atoms with Crippen molar-refractivity contribution in [3.8, 4) is 0 Å². The summed E-state index contributed by atoms with van der Waals surface area (Å²) in [7, 11) is -10.0. The summed E-state index contributed by atoms with van der Waals surface area (Å²) in [4.78, 5) is 72.9. The smallest absolute Gasteiger partial charge is 0.462 e. The molecule has 0 heterocycles. The van der Waals surface area contributed by atoms with Crippen molar-refractivity contribution in [2.45, 2.75) is 316 Å². The van der Waals surface area contributed by atoms with Crippen molar-refractivity contribution in [2.75, 3.05) is 39.6 Å². The second-order valence-corrected chi connectivity index (χ2v) is 28.8. The lowest BCUT2D eigenvalue weighted by Gasteiger charge is -2.21. The van der Waals surface area contributed by atoms with Gasteiger partial charge in [0, 0.05) is 19.3 Å². The summed E-state index contributed by atoms with van der Waals surface area (Å²) >= 11 is 0. The fourth-order valence-corrected chi connectivity index (χ4v) is 11.6. The number of phosphoric ester groups is 2. The van der Waals surface area contributed by atoms with E-state index in [1.807, 2.05) is 24.3 Å². The van der Waals surface area contributed by atoms with Crippen LogP contribution >= 0.6 is 15.6 Å². The second kappa shape index (κ2) is 75.9. The van der Waals surface area contributed by atoms with Crippen LogP contribution in [0.2, 0.25) is 0 Å². The lowest BCUT2D eigenvalue weighted by atomic mass is 10.0. The van der Waals surface area contributed by atoms with E-state index in [0.29, 0.717) is 32.1 Å². The van der Waals surface area contributed by atoms with Gasteiger partial charge in [-0.05, 0) is 128 Å². The van der Waals surface area contributed by atoms with Gasteiger partial charge in [-0.2, -0.15) is 0 Å². The minimum absolute atomic E-state index is 0.0782. The van der Waals surface area contributed by atoms with Gasteiger partial charge in [-0.3, -0.25) is 37.3 Å². The Morgan fingerprint density at radius 2 is 0.548 bits per heavy atom. The fraction of sp³-hybridized carbons (Fsp3) is 0.647. The van der Waals surface area contributed by atoms with Crippen LogP contribution in [-0.2, 0) is 65.4 Å². The van der Waals surface area contributed by atoms with Gasteiger partial charge in [0.2, 0.25) is 0 Å². The van der Waals surface area contributed by atoms with E-state index in [1.54, 1.807) is 12.2 Å². The molecule has 592 valence electrons. The standard InChI is InChI=1S/C85H140O17P2/c1-5-9-13-17-21-25-29-33-36-38-39-41-44-47-50-54-58-62-66-70-83(88)96-76-81(102-85(90)72-68-64-60-56-52-48-42-35-31-27-23-19-15-11-7-3)78-100-104(93,94)98-74-79(86)73-97-103(91,92)99-77-80(101-84(89)71-67-63-59-55-51-45-32-28-24-20-16-12-8-4)75-95-82(87)69-65-61-57-53-49-46-43-40-37-34-30-26-22-18-14-10-6-2/h10-11,14-15,21-23,25-27,33-37,39,41-43,46,52-53,56-57,64,68,79-81,86H,5-9,12-13,16-20,24,28-32,38,40,44-45,47-51,54-55,58-63,65-67,69-78H2,1-4H3,(H,91,92)(H,93,94)/b14-10-,15-11-,25-21-,26-22-,27-23-,36-33-,37-34-,41-39-,42-35-,46-43-,56-52-,57-53-,68-64-. The molecule has 0 aliphatic carbocycles. The number of esters is 4. The number of phosphoric acid groups is 2. The average Bonchev–Trinajstić information content (AvgIpc) is 0.918. The van der Waals surface area contributed by atoms with Crippen molar-refractivity contribution in [3.63, 3.8) is 0 Å². The summed E-state index contributed by atoms with van der Waals surface area (Å²) in [5.74, 6) is -2.41. The molecule has 0 saturated carbocycles. The third-order valence-electron chi connectivity index (χ3n) is 16.0. The molecule has 0 radical (unpaired) electrons. The Labute approximate surface area is 629 Å². The van der Waals surface area contributed by atoms with Crippen LogP contribution in [0.3, 0.4) is 0 Å². The van der Waals surface area contributed by atoms with Gasteiger partial charge in [-0.15, -0.1) is 0 Å². The van der Waals surface area contributed by atoms with Gasteiger partial charge < -0.3 is 33.8 Å². The van der Waals surface area contributed by atoms with Gasteiger partial charge in [0.05, 0.1) is 32.8 Å². The molecule has 19 heteroatoms. The van der Waals surface area contributed by atoms with Crippen LogP contribution in [0.25, 0.3) is 0 Å². The Bertz CT molecular complexity index is 2590. The summed E-state index contributed by atoms with van der Waals surface area (Å²) in [5.41, 5.74) is 0. The number of unbranched alkanes of at least 4 members (excludes halogenated alkanes) is 22. The topological polar surface area (TPSA) is 237 Å². The number of hydrogen-bond donors (Lipinski definition) is 3. The van der Waals surface area contributed by atoms with Gasteiger partial charge in [0.15, 0.2) is 12.2 Å². The third-order valence-corrected chi connectivity index (χ3v) is 17.9. The minimum Gasteiger partial charge on any atom is -0.462 e. The molecule has 0 aromatic rings. The van der Waals surface area contributed by atoms with Crippen molar-refractivity contribution in [1.82, 2.24) is 0 Å². The van der Waals surface area contributed by atoms with E-state index < -0.39 is 97.5 Å². The maximum Gasteiger partial charge on any atom is 0.472 e. The van der Waals surface area contributed by atoms with Crippen molar-refractivity contribution < 1.29 is 80.2 Å². The fourth-order valence-electron chi connectivity index (χ4n) is 10.0. The lowest BCUT2D eigenvalue weighted by Crippen LogP contribution is -2.30. The highest BCUT2D eigenvalue weighted by molar-refractivity contribution is 7.47. The van der Waals surface area contributed by atoms with E-state index >= 15 is 0 Å². The molecule has 0 amide bonds. The van der Waals surface area contributed by atoms with Crippen LogP contribution in [0.15, 0.2) is 158 Å². The highest BCUT2D eigenvalue weighted by Crippen LogP contribution is 2.45. The molecule has 0 spiro atoms. The van der Waals surface area contributed by atoms with Crippen molar-refractivity contribution in [3.05, 3.63) is 158 Å². The first-order chi connectivity index (χ1) is 50.7. The number of allylic oxidation sites excluding steroid dienone is 25. The molecule has 0 bridgehead atoms. The molecule has 5 unspecified atom stereocenters. The summed E-state index contributed by atoms with van der Waals surface area (Å²) in [6.45, 7) is 4.42. The first kappa shape index (κ1) is 98.7. The monoisotopic (exact) mass is 1490 g/mol. The molecule has 0 fully saturated rings. The number of aliphatic hydroxyl groups excluding tert-OH is 1. The number of carbonyl (C=O) groups excluding carboxylic acids is 4. The summed E-state index contributed by atoms with van der Waals surface area (Å²) in [6, 6.07) is 0. The SMILES string of the molecule is CC/C=C\C/C=C\C/C=C\C/C=C\C/C=C\CCCC(=O)OCC(COP(=O)(O)OCC(O)COP(=O)(O)OCC(COC(=O)CCCCCCCC/C=C\C/C=C\C/C=C\CCCCC)OC(=O)C/C=C\C/C=C\C/C=C\C/C=C\C/C=C\CC)OC(=O)CCCCCCCCCCCCCCC. The van der Waals surface area contributed by atoms with Crippen molar-refractivity contribution >= 4 is 39.5 Å². The predicted molar refractivity (Wildman–Crippen MR) is 427 cm³/mol. The van der Waals surface area contributed by atoms with Gasteiger partial charge in [0.1, 0.15) is 19.3 Å². The van der Waals surface area contributed by atoms with Gasteiger partial charge in [-0.25, -0.2) is 9.13 Å². The maximum absolute atomic E-state index is 13.1. The van der Waals surface area contributed by atoms with Crippen LogP contribution in [0.1, 0.15) is 297 Å². The molecular weight excluding hydrogens is 1350 g/mol. The maximum atomic E-state index is 13.1. The first-order valence-electron chi connectivity index (χ1n) is 39.7. The molecule has 17 nitrogen and oxygen atoms in total. The minimum atomic E-state index is -5.01. The molecule has 3 N–H and O–H groups in total. The molecule has 0 aliphatic rings. The van der Waals surface area contributed by atoms with Gasteiger partial charge >= 0.3 is 39.5 Å². The average molecular weight is 1500 g/mol. The number of aliphatic hydroxyl groups is 1. The zero-order valence-corrected chi connectivity index (χ0v) is 66.4. The number of rotatable bonds is 73. The van der Waals surface area contributed by atoms with Crippen molar-refractivity contribution in [2.24, 2.45) is 0 Å². The summed E-state index contributed by atoms with van der Waals surface area (Å²) in [5, 5.41) is 10.6. The first-order valence-corrected chi connectivity index (χ1v) is 42.7. The molecule has 0 rings (SSSR count). The third kappa shape index (κ3) is 74.9. The lowest BCUT2D eigenvalue weighted by molar-refractivity contribution is -0.161. The Kier molecular flexibility index (Phi) is 72.0.